The number of aromatic nitrogens is 2. The second-order valence-corrected chi connectivity index (χ2v) is 5.36. The van der Waals surface area contributed by atoms with E-state index >= 15 is 0 Å². The first-order valence-electron chi connectivity index (χ1n) is 6.38. The molecule has 21 heavy (non-hydrogen) atoms. The Balaban J connectivity index is 0.000000173. The van der Waals surface area contributed by atoms with E-state index in [2.05, 4.69) is 14.9 Å². The summed E-state index contributed by atoms with van der Waals surface area (Å²) in [4.78, 5) is 10.1. The predicted molar refractivity (Wildman–Crippen MR) is 86.5 cm³/mol. The van der Waals surface area contributed by atoms with Gasteiger partial charge in [0.1, 0.15) is 21.3 Å². The summed E-state index contributed by atoms with van der Waals surface area (Å²) in [6, 6.07) is 10.8. The fourth-order valence-corrected chi connectivity index (χ4v) is 2.28. The molecule has 3 rings (SSSR count). The molecule has 112 valence electrons. The molecule has 0 bridgehead atoms. The van der Waals surface area contributed by atoms with Gasteiger partial charge >= 0.3 is 0 Å². The summed E-state index contributed by atoms with van der Waals surface area (Å²) in [6.45, 7) is 3.34. The Labute approximate surface area is 138 Å². The minimum Gasteiger partial charge on any atom is -0.378 e. The Morgan fingerprint density at radius 3 is 1.81 bits per heavy atom. The van der Waals surface area contributed by atoms with E-state index < -0.39 is 0 Å². The van der Waals surface area contributed by atoms with Gasteiger partial charge in [0, 0.05) is 13.1 Å². The lowest BCUT2D eigenvalue weighted by molar-refractivity contribution is 0.122. The summed E-state index contributed by atoms with van der Waals surface area (Å²) in [5, 5.41) is 1.40. The van der Waals surface area contributed by atoms with Crippen LogP contribution in [0, 0.1) is 0 Å². The summed E-state index contributed by atoms with van der Waals surface area (Å²) >= 11 is 16.7. The van der Waals surface area contributed by atoms with Crippen molar-refractivity contribution >= 4 is 40.6 Å². The van der Waals surface area contributed by atoms with E-state index in [1.54, 1.807) is 24.3 Å². The summed E-state index contributed by atoms with van der Waals surface area (Å²) in [6.07, 6.45) is 0. The first kappa shape index (κ1) is 16.3. The highest BCUT2D eigenvalue weighted by Gasteiger charge is 2.11. The summed E-state index contributed by atoms with van der Waals surface area (Å²) in [5.41, 5.74) is 0. The molecule has 2 aromatic heterocycles. The number of halogens is 3. The molecule has 0 radical (unpaired) electrons. The van der Waals surface area contributed by atoms with Gasteiger partial charge in [-0.2, -0.15) is 0 Å². The van der Waals surface area contributed by atoms with Gasteiger partial charge in [-0.15, -0.1) is 0 Å². The molecule has 1 aliphatic heterocycles. The molecular weight excluding hydrogens is 333 g/mol. The van der Waals surface area contributed by atoms with Gasteiger partial charge in [0.15, 0.2) is 0 Å². The van der Waals surface area contributed by atoms with E-state index in [9.17, 15) is 0 Å². The van der Waals surface area contributed by atoms with Crippen LogP contribution in [0.3, 0.4) is 0 Å². The number of pyridine rings is 2. The van der Waals surface area contributed by atoms with Crippen molar-refractivity contribution in [2.45, 2.75) is 0 Å². The number of hydrogen-bond donors (Lipinski definition) is 0. The third-order valence-corrected chi connectivity index (χ3v) is 3.35. The van der Waals surface area contributed by atoms with Crippen molar-refractivity contribution in [2.24, 2.45) is 0 Å². The Bertz CT molecular complexity index is 560. The molecule has 1 fully saturated rings. The highest BCUT2D eigenvalue weighted by molar-refractivity contribution is 6.32. The number of anilines is 1. The second kappa shape index (κ2) is 8.39. The monoisotopic (exact) mass is 345 g/mol. The summed E-state index contributed by atoms with van der Waals surface area (Å²) in [5.74, 6) is 0.941. The zero-order chi connectivity index (χ0) is 15.1. The number of rotatable bonds is 1. The van der Waals surface area contributed by atoms with Crippen LogP contribution >= 0.6 is 34.8 Å². The average molecular weight is 347 g/mol. The van der Waals surface area contributed by atoms with Gasteiger partial charge in [0.2, 0.25) is 0 Å². The van der Waals surface area contributed by atoms with Crippen molar-refractivity contribution in [3.05, 3.63) is 51.9 Å². The van der Waals surface area contributed by atoms with Gasteiger partial charge in [-0.3, -0.25) is 0 Å². The van der Waals surface area contributed by atoms with Gasteiger partial charge in [-0.05, 0) is 24.3 Å². The number of ether oxygens (including phenoxy) is 1. The van der Waals surface area contributed by atoms with Crippen LogP contribution in [0.1, 0.15) is 0 Å². The third-order valence-electron chi connectivity index (χ3n) is 2.72. The van der Waals surface area contributed by atoms with Crippen LogP contribution < -0.4 is 4.90 Å². The van der Waals surface area contributed by atoms with Crippen molar-refractivity contribution in [3.63, 3.8) is 0 Å². The first-order chi connectivity index (χ1) is 10.1. The fraction of sp³-hybridized carbons (Fsp3) is 0.286. The van der Waals surface area contributed by atoms with Gasteiger partial charge in [-0.1, -0.05) is 46.9 Å². The molecule has 1 aliphatic rings. The Kier molecular flexibility index (Phi) is 6.51. The van der Waals surface area contributed by atoms with E-state index in [0.29, 0.717) is 15.5 Å². The summed E-state index contributed by atoms with van der Waals surface area (Å²) in [7, 11) is 0. The lowest BCUT2D eigenvalue weighted by atomic mass is 10.4. The number of hydrogen-bond acceptors (Lipinski definition) is 4. The molecule has 0 unspecified atom stereocenters. The topological polar surface area (TPSA) is 38.2 Å². The zero-order valence-corrected chi connectivity index (χ0v) is 13.4. The first-order valence-corrected chi connectivity index (χ1v) is 7.52. The fourth-order valence-electron chi connectivity index (χ4n) is 1.75. The molecule has 4 nitrogen and oxygen atoms in total. The van der Waals surface area contributed by atoms with Gasteiger partial charge in [0.05, 0.1) is 13.2 Å². The smallest absolute Gasteiger partial charge is 0.131 e. The molecule has 0 spiro atoms. The molecular formula is C14H14Cl3N3O. The Hall–Kier alpha value is -1.07. The number of morpholine rings is 1. The predicted octanol–water partition coefficient (Wildman–Crippen LogP) is 3.96. The highest BCUT2D eigenvalue weighted by Crippen LogP contribution is 2.15. The third kappa shape index (κ3) is 5.67. The van der Waals surface area contributed by atoms with Crippen LogP contribution in [0.2, 0.25) is 15.5 Å². The Morgan fingerprint density at radius 1 is 0.810 bits per heavy atom. The van der Waals surface area contributed by atoms with E-state index in [1.165, 1.54) is 0 Å². The van der Waals surface area contributed by atoms with Crippen LogP contribution in [0.15, 0.2) is 36.4 Å². The second-order valence-electron chi connectivity index (χ2n) is 4.20. The van der Waals surface area contributed by atoms with Crippen LogP contribution in [0.4, 0.5) is 5.82 Å². The SMILES string of the molecule is Clc1cccc(Cl)n1.Clc1cccc(N2CCOCC2)n1. The largest absolute Gasteiger partial charge is 0.378 e. The van der Waals surface area contributed by atoms with Crippen molar-refractivity contribution in [2.75, 3.05) is 31.2 Å². The lowest BCUT2D eigenvalue weighted by Gasteiger charge is -2.27. The molecule has 0 aliphatic carbocycles. The molecule has 0 aromatic carbocycles. The molecule has 2 aromatic rings. The maximum absolute atomic E-state index is 5.80. The standard InChI is InChI=1S/C9H11ClN2O.C5H3Cl2N/c10-8-2-1-3-9(11-8)12-4-6-13-7-5-12;6-4-2-1-3-5(7)8-4/h1-3H,4-7H2;1-3H. The molecule has 7 heteroatoms. The van der Waals surface area contributed by atoms with Crippen molar-refractivity contribution in [3.8, 4) is 0 Å². The van der Waals surface area contributed by atoms with Gasteiger partial charge in [-0.25, -0.2) is 9.97 Å². The molecule has 0 saturated carbocycles. The zero-order valence-electron chi connectivity index (χ0n) is 11.2. The molecule has 0 amide bonds. The van der Waals surface area contributed by atoms with Crippen LogP contribution in [-0.4, -0.2) is 36.3 Å². The lowest BCUT2D eigenvalue weighted by Crippen LogP contribution is -2.36. The normalized spacial score (nSPS) is 14.3. The average Bonchev–Trinajstić information content (AvgIpc) is 2.49. The Morgan fingerprint density at radius 2 is 1.33 bits per heavy atom. The maximum atomic E-state index is 5.80. The molecule has 0 N–H and O–H groups in total. The van der Waals surface area contributed by atoms with Crippen molar-refractivity contribution < 1.29 is 4.74 Å². The maximum Gasteiger partial charge on any atom is 0.131 e. The van der Waals surface area contributed by atoms with E-state index in [4.69, 9.17) is 39.5 Å². The van der Waals surface area contributed by atoms with E-state index in [1.807, 2.05) is 12.1 Å². The molecule has 1 saturated heterocycles. The van der Waals surface area contributed by atoms with Gasteiger partial charge < -0.3 is 9.64 Å². The summed E-state index contributed by atoms with van der Waals surface area (Å²) < 4.78 is 5.25. The van der Waals surface area contributed by atoms with E-state index in [-0.39, 0.29) is 0 Å². The van der Waals surface area contributed by atoms with E-state index in [0.717, 1.165) is 32.1 Å². The molecule has 0 atom stereocenters. The van der Waals surface area contributed by atoms with Gasteiger partial charge in [0.25, 0.3) is 0 Å². The van der Waals surface area contributed by atoms with Crippen LogP contribution in [-0.2, 0) is 4.74 Å². The van der Waals surface area contributed by atoms with Crippen LogP contribution in [0.25, 0.3) is 0 Å². The van der Waals surface area contributed by atoms with Crippen molar-refractivity contribution in [1.29, 1.82) is 0 Å². The minimum absolute atomic E-state index is 0.428. The molecule has 3 heterocycles. The quantitative estimate of drug-likeness (QED) is 0.733. The number of nitrogens with zero attached hydrogens (tertiary/aromatic N) is 3. The highest BCUT2D eigenvalue weighted by atomic mass is 35.5. The van der Waals surface area contributed by atoms with Crippen LogP contribution in [0.5, 0.6) is 0 Å². The minimum atomic E-state index is 0.428. The van der Waals surface area contributed by atoms with Crippen molar-refractivity contribution in [1.82, 2.24) is 9.97 Å².